The van der Waals surface area contributed by atoms with Crippen molar-refractivity contribution in [2.75, 3.05) is 19.6 Å². The minimum Gasteiger partial charge on any atom is -0.349 e. The number of carbonyl (C=O) groups excluding carboxylic acids is 2. The summed E-state index contributed by atoms with van der Waals surface area (Å²) >= 11 is 1.24. The second-order valence-corrected chi connectivity index (χ2v) is 6.66. The van der Waals surface area contributed by atoms with E-state index in [1.54, 1.807) is 12.1 Å². The van der Waals surface area contributed by atoms with Crippen molar-refractivity contribution in [1.82, 2.24) is 10.2 Å². The van der Waals surface area contributed by atoms with Crippen molar-refractivity contribution in [2.45, 2.75) is 26.8 Å². The molecule has 24 heavy (non-hydrogen) atoms. The van der Waals surface area contributed by atoms with Crippen molar-refractivity contribution < 1.29 is 9.59 Å². The maximum Gasteiger partial charge on any atom is 0.261 e. The Hall–Kier alpha value is -1.98. The normalized spacial score (nSPS) is 12.2. The highest BCUT2D eigenvalue weighted by Gasteiger charge is 2.19. The zero-order valence-electron chi connectivity index (χ0n) is 14.4. The Morgan fingerprint density at radius 2 is 1.67 bits per heavy atom. The fourth-order valence-electron chi connectivity index (χ4n) is 2.72. The first kappa shape index (κ1) is 18.4. The Morgan fingerprint density at radius 3 is 2.21 bits per heavy atom. The SMILES string of the molecule is CCN(CC)[C@@H](CNC(=O)c1ccc(C(C)=O)s1)c1ccccc1. The van der Waals surface area contributed by atoms with Gasteiger partial charge in [-0.25, -0.2) is 0 Å². The van der Waals surface area contributed by atoms with Crippen LogP contribution in [-0.2, 0) is 0 Å². The maximum atomic E-state index is 12.4. The minimum absolute atomic E-state index is 0.00986. The predicted molar refractivity (Wildman–Crippen MR) is 98.8 cm³/mol. The fourth-order valence-corrected chi connectivity index (χ4v) is 3.54. The van der Waals surface area contributed by atoms with Gasteiger partial charge < -0.3 is 5.32 Å². The smallest absolute Gasteiger partial charge is 0.261 e. The summed E-state index contributed by atoms with van der Waals surface area (Å²) in [6.45, 7) is 8.13. The lowest BCUT2D eigenvalue weighted by atomic mass is 10.1. The van der Waals surface area contributed by atoms with E-state index in [9.17, 15) is 9.59 Å². The van der Waals surface area contributed by atoms with Crippen LogP contribution in [-0.4, -0.2) is 36.2 Å². The van der Waals surface area contributed by atoms with Crippen LogP contribution >= 0.6 is 11.3 Å². The first-order valence-electron chi connectivity index (χ1n) is 8.24. The molecule has 2 aromatic rings. The lowest BCUT2D eigenvalue weighted by molar-refractivity contribution is 0.0938. The summed E-state index contributed by atoms with van der Waals surface area (Å²) in [4.78, 5) is 27.3. The maximum absolute atomic E-state index is 12.4. The van der Waals surface area contributed by atoms with E-state index >= 15 is 0 Å². The van der Waals surface area contributed by atoms with E-state index in [0.717, 1.165) is 13.1 Å². The third-order valence-corrected chi connectivity index (χ3v) is 5.26. The van der Waals surface area contributed by atoms with Gasteiger partial charge in [0.25, 0.3) is 5.91 Å². The molecular weight excluding hydrogens is 320 g/mol. The van der Waals surface area contributed by atoms with Crippen LogP contribution < -0.4 is 5.32 Å². The highest BCUT2D eigenvalue weighted by Crippen LogP contribution is 2.21. The number of ketones is 1. The zero-order valence-corrected chi connectivity index (χ0v) is 15.2. The fraction of sp³-hybridized carbons (Fsp3) is 0.368. The molecule has 1 N–H and O–H groups in total. The van der Waals surface area contributed by atoms with Gasteiger partial charge in [0.2, 0.25) is 0 Å². The quantitative estimate of drug-likeness (QED) is 0.742. The lowest BCUT2D eigenvalue weighted by Crippen LogP contribution is -2.37. The molecule has 0 bridgehead atoms. The molecule has 0 unspecified atom stereocenters. The molecule has 0 spiro atoms. The van der Waals surface area contributed by atoms with Crippen LogP contribution in [0.1, 0.15) is 51.7 Å². The summed E-state index contributed by atoms with van der Waals surface area (Å²) in [5, 5.41) is 3.02. The molecule has 0 aliphatic heterocycles. The number of likely N-dealkylation sites (N-methyl/N-ethyl adjacent to an activating group) is 1. The summed E-state index contributed by atoms with van der Waals surface area (Å²) in [5.41, 5.74) is 1.19. The number of nitrogens with one attached hydrogen (secondary N) is 1. The number of nitrogens with zero attached hydrogens (tertiary/aromatic N) is 1. The average molecular weight is 344 g/mol. The molecule has 1 aromatic heterocycles. The standard InChI is InChI=1S/C19H24N2O2S/c1-4-21(5-2)16(15-9-7-6-8-10-15)13-20-19(23)18-12-11-17(24-18)14(3)22/h6-12,16H,4-5,13H2,1-3H3,(H,20,23)/t16-/m0/s1. The third-order valence-electron chi connectivity index (χ3n) is 4.07. The molecule has 0 saturated carbocycles. The molecule has 0 radical (unpaired) electrons. The van der Waals surface area contributed by atoms with Crippen molar-refractivity contribution in [3.8, 4) is 0 Å². The lowest BCUT2D eigenvalue weighted by Gasteiger charge is -2.30. The molecule has 0 aliphatic carbocycles. The van der Waals surface area contributed by atoms with Gasteiger partial charge in [-0.2, -0.15) is 0 Å². The summed E-state index contributed by atoms with van der Waals surface area (Å²) in [7, 11) is 0. The molecule has 128 valence electrons. The highest BCUT2D eigenvalue weighted by atomic mass is 32.1. The first-order chi connectivity index (χ1) is 11.6. The second kappa shape index (κ2) is 8.76. The third kappa shape index (κ3) is 4.52. The topological polar surface area (TPSA) is 49.4 Å². The van der Waals surface area contributed by atoms with E-state index < -0.39 is 0 Å². The van der Waals surface area contributed by atoms with E-state index in [-0.39, 0.29) is 17.7 Å². The van der Waals surface area contributed by atoms with Gasteiger partial charge in [-0.3, -0.25) is 14.5 Å². The molecule has 1 heterocycles. The van der Waals surface area contributed by atoms with Gasteiger partial charge in [-0.05, 0) is 37.7 Å². The van der Waals surface area contributed by atoms with Crippen molar-refractivity contribution in [3.63, 3.8) is 0 Å². The molecule has 4 nitrogen and oxygen atoms in total. The molecule has 0 aliphatic rings. The molecule has 1 aromatic carbocycles. The van der Waals surface area contributed by atoms with Gasteiger partial charge in [-0.1, -0.05) is 44.2 Å². The Kier molecular flexibility index (Phi) is 6.70. The van der Waals surface area contributed by atoms with Crippen LogP contribution in [0.2, 0.25) is 0 Å². The molecule has 1 atom stereocenters. The van der Waals surface area contributed by atoms with E-state index in [0.29, 0.717) is 16.3 Å². The summed E-state index contributed by atoms with van der Waals surface area (Å²) < 4.78 is 0. The number of Topliss-reactive ketones (excluding diaryl/α,β-unsaturated/α-hetero) is 1. The monoisotopic (exact) mass is 344 g/mol. The van der Waals surface area contributed by atoms with E-state index in [4.69, 9.17) is 0 Å². The molecule has 0 fully saturated rings. The summed E-state index contributed by atoms with van der Waals surface area (Å²) in [6, 6.07) is 13.8. The van der Waals surface area contributed by atoms with Gasteiger partial charge >= 0.3 is 0 Å². The Labute approximate surface area is 147 Å². The van der Waals surface area contributed by atoms with Gasteiger partial charge in [0.05, 0.1) is 15.8 Å². The van der Waals surface area contributed by atoms with Crippen LogP contribution in [0.15, 0.2) is 42.5 Å². The number of amides is 1. The van der Waals surface area contributed by atoms with Gasteiger partial charge in [0.15, 0.2) is 5.78 Å². The Bertz CT molecular complexity index is 678. The molecule has 5 heteroatoms. The van der Waals surface area contributed by atoms with Gasteiger partial charge in [0, 0.05) is 6.54 Å². The number of hydrogen-bond donors (Lipinski definition) is 1. The zero-order chi connectivity index (χ0) is 17.5. The van der Waals surface area contributed by atoms with Crippen molar-refractivity contribution in [2.24, 2.45) is 0 Å². The number of carbonyl (C=O) groups is 2. The first-order valence-corrected chi connectivity index (χ1v) is 9.06. The molecule has 0 saturated heterocycles. The summed E-state index contributed by atoms with van der Waals surface area (Å²) in [6.07, 6.45) is 0. The van der Waals surface area contributed by atoms with Crippen molar-refractivity contribution in [3.05, 3.63) is 57.8 Å². The van der Waals surface area contributed by atoms with Crippen molar-refractivity contribution >= 4 is 23.0 Å². The van der Waals surface area contributed by atoms with Gasteiger partial charge in [-0.15, -0.1) is 11.3 Å². The number of benzene rings is 1. The van der Waals surface area contributed by atoms with Crippen LogP contribution in [0.5, 0.6) is 0 Å². The van der Waals surface area contributed by atoms with Crippen molar-refractivity contribution in [1.29, 1.82) is 0 Å². The van der Waals surface area contributed by atoms with E-state index in [2.05, 4.69) is 36.2 Å². The molecule has 2 rings (SSSR count). The van der Waals surface area contributed by atoms with Crippen LogP contribution in [0.3, 0.4) is 0 Å². The second-order valence-electron chi connectivity index (χ2n) is 5.58. The largest absolute Gasteiger partial charge is 0.349 e. The number of hydrogen-bond acceptors (Lipinski definition) is 4. The highest BCUT2D eigenvalue weighted by molar-refractivity contribution is 7.15. The average Bonchev–Trinajstić information content (AvgIpc) is 3.09. The van der Waals surface area contributed by atoms with Gasteiger partial charge in [0.1, 0.15) is 0 Å². The van der Waals surface area contributed by atoms with E-state index in [1.165, 1.54) is 23.8 Å². The van der Waals surface area contributed by atoms with Crippen LogP contribution in [0, 0.1) is 0 Å². The molecular formula is C19H24N2O2S. The van der Waals surface area contributed by atoms with Crippen LogP contribution in [0.25, 0.3) is 0 Å². The van der Waals surface area contributed by atoms with E-state index in [1.807, 2.05) is 18.2 Å². The Morgan fingerprint density at radius 1 is 1.04 bits per heavy atom. The number of thiophene rings is 1. The number of rotatable bonds is 8. The minimum atomic E-state index is -0.124. The Balaban J connectivity index is 2.09. The predicted octanol–water partition coefficient (Wildman–Crippen LogP) is 3.76. The molecule has 1 amide bonds. The summed E-state index contributed by atoms with van der Waals surface area (Å²) in [5.74, 6) is -0.134. The van der Waals surface area contributed by atoms with Crippen LogP contribution in [0.4, 0.5) is 0 Å².